The highest BCUT2D eigenvalue weighted by molar-refractivity contribution is 9.10. The van der Waals surface area contributed by atoms with E-state index in [1.165, 1.54) is 6.92 Å². The summed E-state index contributed by atoms with van der Waals surface area (Å²) < 4.78 is 62.6. The van der Waals surface area contributed by atoms with Crippen molar-refractivity contribution >= 4 is 21.7 Å². The Kier molecular flexibility index (Phi) is 4.47. The van der Waals surface area contributed by atoms with Crippen LogP contribution in [0.25, 0.3) is 0 Å². The van der Waals surface area contributed by atoms with Gasteiger partial charge in [0.05, 0.1) is 10.4 Å². The molecule has 1 unspecified atom stereocenters. The summed E-state index contributed by atoms with van der Waals surface area (Å²) in [5.41, 5.74) is -2.78. The Labute approximate surface area is 108 Å². The van der Waals surface area contributed by atoms with Gasteiger partial charge in [0.1, 0.15) is 0 Å². The smallest absolute Gasteiger partial charge is 0.293 e. The molecule has 18 heavy (non-hydrogen) atoms. The molecule has 0 radical (unpaired) electrons. The van der Waals surface area contributed by atoms with Crippen molar-refractivity contribution in [3.8, 4) is 0 Å². The molecule has 0 aliphatic carbocycles. The Balaban J connectivity index is 3.33. The highest BCUT2D eigenvalue weighted by atomic mass is 79.9. The van der Waals surface area contributed by atoms with E-state index < -0.39 is 34.3 Å². The van der Waals surface area contributed by atoms with Gasteiger partial charge in [-0.2, -0.15) is 13.2 Å². The van der Waals surface area contributed by atoms with Crippen LogP contribution in [0.3, 0.4) is 0 Å². The van der Waals surface area contributed by atoms with Crippen molar-refractivity contribution in [2.24, 2.45) is 0 Å². The van der Waals surface area contributed by atoms with Crippen LogP contribution < -0.4 is 0 Å². The van der Waals surface area contributed by atoms with Crippen molar-refractivity contribution in [1.82, 2.24) is 0 Å². The van der Waals surface area contributed by atoms with Gasteiger partial charge in [0.2, 0.25) is 0 Å². The second kappa shape index (κ2) is 5.34. The van der Waals surface area contributed by atoms with Gasteiger partial charge in [-0.25, -0.2) is 8.78 Å². The van der Waals surface area contributed by atoms with Crippen LogP contribution in [0.4, 0.5) is 22.0 Å². The van der Waals surface area contributed by atoms with Crippen LogP contribution >= 0.6 is 15.9 Å². The fourth-order valence-corrected chi connectivity index (χ4v) is 1.65. The molecule has 1 atom stereocenters. The molecule has 7 heteroatoms. The van der Waals surface area contributed by atoms with E-state index in [4.69, 9.17) is 0 Å². The first-order chi connectivity index (χ1) is 8.14. The zero-order chi connectivity index (χ0) is 14.1. The first kappa shape index (κ1) is 15.1. The fourth-order valence-electron chi connectivity index (χ4n) is 1.38. The van der Waals surface area contributed by atoms with E-state index in [0.29, 0.717) is 12.1 Å². The second-order valence-electron chi connectivity index (χ2n) is 3.58. The summed E-state index contributed by atoms with van der Waals surface area (Å²) in [6.07, 6.45) is -8.16. The average Bonchev–Trinajstić information content (AvgIpc) is 2.25. The van der Waals surface area contributed by atoms with Crippen molar-refractivity contribution in [2.75, 3.05) is 0 Å². The predicted octanol–water partition coefficient (Wildman–Crippen LogP) is 4.61. The minimum Gasteiger partial charge on any atom is -0.293 e. The first-order valence-corrected chi connectivity index (χ1v) is 5.73. The second-order valence-corrected chi connectivity index (χ2v) is 4.95. The van der Waals surface area contributed by atoms with Gasteiger partial charge in [0.25, 0.3) is 6.43 Å². The molecule has 1 aromatic carbocycles. The molecular weight excluding hydrogens is 323 g/mol. The minimum absolute atomic E-state index is 0.178. The van der Waals surface area contributed by atoms with Gasteiger partial charge >= 0.3 is 6.18 Å². The third kappa shape index (κ3) is 3.28. The lowest BCUT2D eigenvalue weighted by Gasteiger charge is -2.14. The number of alkyl halides is 6. The van der Waals surface area contributed by atoms with Gasteiger partial charge in [-0.3, -0.25) is 4.79 Å². The molecule has 1 aromatic rings. The Morgan fingerprint density at radius 1 is 1.28 bits per heavy atom. The van der Waals surface area contributed by atoms with Crippen LogP contribution in [0.2, 0.25) is 0 Å². The number of hydrogen-bond donors (Lipinski definition) is 0. The minimum atomic E-state index is -4.87. The van der Waals surface area contributed by atoms with E-state index >= 15 is 0 Å². The highest BCUT2D eigenvalue weighted by Crippen LogP contribution is 2.37. The Hall–Kier alpha value is -0.980. The van der Waals surface area contributed by atoms with Crippen molar-refractivity contribution in [1.29, 1.82) is 0 Å². The van der Waals surface area contributed by atoms with Gasteiger partial charge in [0.15, 0.2) is 5.78 Å². The number of hydrogen-bond acceptors (Lipinski definition) is 1. The number of benzene rings is 1. The predicted molar refractivity (Wildman–Crippen MR) is 59.1 cm³/mol. The molecular formula is C11H8BrF5O. The molecule has 0 saturated heterocycles. The Morgan fingerprint density at radius 2 is 1.83 bits per heavy atom. The zero-order valence-corrected chi connectivity index (χ0v) is 10.6. The molecule has 0 amide bonds. The van der Waals surface area contributed by atoms with Crippen molar-refractivity contribution in [2.45, 2.75) is 24.4 Å². The molecule has 0 aliphatic heterocycles. The molecule has 0 aliphatic rings. The van der Waals surface area contributed by atoms with Crippen molar-refractivity contribution in [3.05, 3.63) is 34.9 Å². The average molecular weight is 331 g/mol. The monoisotopic (exact) mass is 330 g/mol. The summed E-state index contributed by atoms with van der Waals surface area (Å²) in [4.78, 5) is 10.9. The molecule has 1 rings (SSSR count). The molecule has 0 aromatic heterocycles. The maximum Gasteiger partial charge on any atom is 0.416 e. The van der Waals surface area contributed by atoms with Gasteiger partial charge in [-0.1, -0.05) is 22.0 Å². The number of carbonyl (C=O) groups excluding carboxylic acids is 1. The summed E-state index contributed by atoms with van der Waals surface area (Å²) in [5, 5.41) is 0. The van der Waals surface area contributed by atoms with Crippen molar-refractivity contribution < 1.29 is 26.7 Å². The number of carbonyl (C=O) groups is 1. The maximum atomic E-state index is 12.6. The standard InChI is InChI=1S/C11H8BrF5O/c1-5(12)9(18)6-2-3-8(11(15,16)17)7(4-6)10(13)14/h2-5,10H,1H3. The summed E-state index contributed by atoms with van der Waals surface area (Å²) in [6, 6.07) is 1.99. The van der Waals surface area contributed by atoms with Crippen LogP contribution in [-0.2, 0) is 6.18 Å². The molecule has 100 valence electrons. The molecule has 0 fully saturated rings. The lowest BCUT2D eigenvalue weighted by Crippen LogP contribution is -2.14. The van der Waals surface area contributed by atoms with Gasteiger partial charge in [-0.15, -0.1) is 0 Å². The van der Waals surface area contributed by atoms with E-state index in [2.05, 4.69) is 15.9 Å². The van der Waals surface area contributed by atoms with E-state index in [1.54, 1.807) is 0 Å². The SMILES string of the molecule is CC(Br)C(=O)c1ccc(C(F)(F)F)c(C(F)F)c1. The van der Waals surface area contributed by atoms with E-state index in [1.807, 2.05) is 0 Å². The van der Waals surface area contributed by atoms with Gasteiger partial charge in [0, 0.05) is 11.1 Å². The van der Waals surface area contributed by atoms with Crippen LogP contribution in [0, 0.1) is 0 Å². The number of ketones is 1. The fraction of sp³-hybridized carbons (Fsp3) is 0.364. The summed E-state index contributed by atoms with van der Waals surface area (Å²) in [5.74, 6) is -0.550. The third-order valence-corrected chi connectivity index (χ3v) is 2.65. The number of halogens is 6. The zero-order valence-electron chi connectivity index (χ0n) is 9.06. The van der Waals surface area contributed by atoms with Gasteiger partial charge < -0.3 is 0 Å². The van der Waals surface area contributed by atoms with Crippen LogP contribution in [-0.4, -0.2) is 10.6 Å². The molecule has 0 heterocycles. The quantitative estimate of drug-likeness (QED) is 0.449. The molecule has 0 spiro atoms. The Morgan fingerprint density at radius 3 is 2.22 bits per heavy atom. The van der Waals surface area contributed by atoms with Crippen LogP contribution in [0.1, 0.15) is 34.8 Å². The molecule has 0 bridgehead atoms. The molecule has 0 N–H and O–H groups in total. The van der Waals surface area contributed by atoms with E-state index in [9.17, 15) is 26.7 Å². The summed E-state index contributed by atoms with van der Waals surface area (Å²) in [7, 11) is 0. The Bertz CT molecular complexity index is 453. The largest absolute Gasteiger partial charge is 0.416 e. The first-order valence-electron chi connectivity index (χ1n) is 4.82. The van der Waals surface area contributed by atoms with Gasteiger partial charge in [-0.05, 0) is 19.1 Å². The molecule has 1 nitrogen and oxygen atoms in total. The van der Waals surface area contributed by atoms with Crippen molar-refractivity contribution in [3.63, 3.8) is 0 Å². The third-order valence-electron chi connectivity index (χ3n) is 2.24. The topological polar surface area (TPSA) is 17.1 Å². The van der Waals surface area contributed by atoms with Crippen LogP contribution in [0.15, 0.2) is 18.2 Å². The normalized spacial score (nSPS) is 13.8. The maximum absolute atomic E-state index is 12.6. The van der Waals surface area contributed by atoms with Crippen LogP contribution in [0.5, 0.6) is 0 Å². The molecule has 0 saturated carbocycles. The van der Waals surface area contributed by atoms with E-state index in [-0.39, 0.29) is 5.56 Å². The lowest BCUT2D eigenvalue weighted by molar-refractivity contribution is -0.139. The highest BCUT2D eigenvalue weighted by Gasteiger charge is 2.36. The lowest BCUT2D eigenvalue weighted by atomic mass is 10.0. The van der Waals surface area contributed by atoms with E-state index in [0.717, 1.165) is 6.07 Å². The summed E-state index contributed by atoms with van der Waals surface area (Å²) in [6.45, 7) is 1.46. The number of Topliss-reactive ketones (excluding diaryl/α,β-unsaturated/α-hetero) is 1. The summed E-state index contributed by atoms with van der Waals surface area (Å²) >= 11 is 2.94. The number of rotatable bonds is 3.